The van der Waals surface area contributed by atoms with Gasteiger partial charge in [-0.1, -0.05) is 0 Å². The molecule has 0 radical (unpaired) electrons. The maximum absolute atomic E-state index is 11.9. The van der Waals surface area contributed by atoms with Crippen molar-refractivity contribution in [3.8, 4) is 12.0 Å². The molecule has 122 valence electrons. The van der Waals surface area contributed by atoms with Gasteiger partial charge in [0.2, 0.25) is 5.91 Å². The third kappa shape index (κ3) is 4.46. The Kier molecular flexibility index (Phi) is 5.18. The number of nitrogens with one attached hydrogen (secondary N) is 1. The number of hydrogen-bond acceptors (Lipinski definition) is 8. The molecule has 0 atom stereocenters. The Bertz CT molecular complexity index is 738. The number of carbonyl (C=O) groups is 1. The molecular formula is C13H16N6O4. The van der Waals surface area contributed by atoms with Crippen LogP contribution in [0.25, 0.3) is 0 Å². The van der Waals surface area contributed by atoms with Crippen LogP contribution in [-0.2, 0) is 17.9 Å². The number of amides is 1. The van der Waals surface area contributed by atoms with E-state index < -0.39 is 0 Å². The molecule has 0 aliphatic heterocycles. The lowest BCUT2D eigenvalue weighted by molar-refractivity contribution is -0.121. The smallest absolute Gasteiger partial charge is 0.322 e. The Labute approximate surface area is 131 Å². The molecule has 0 saturated heterocycles. The number of carbonyl (C=O) groups excluding carboxylic acids is 1. The van der Waals surface area contributed by atoms with Gasteiger partial charge in [0.05, 0.1) is 27.1 Å². The number of aromatic nitrogens is 5. The zero-order chi connectivity index (χ0) is 16.8. The minimum absolute atomic E-state index is 0.0438. The SMILES string of the molecule is COc1nc(CNC(=O)Cn2cnc(C)cc2=O)nc(OC)n1. The van der Waals surface area contributed by atoms with E-state index in [4.69, 9.17) is 9.47 Å². The minimum atomic E-state index is -0.379. The van der Waals surface area contributed by atoms with E-state index in [0.29, 0.717) is 5.69 Å². The van der Waals surface area contributed by atoms with Gasteiger partial charge in [-0.05, 0) is 6.92 Å². The molecule has 0 aromatic carbocycles. The second-order valence-corrected chi connectivity index (χ2v) is 4.50. The van der Waals surface area contributed by atoms with Crippen LogP contribution < -0.4 is 20.3 Å². The van der Waals surface area contributed by atoms with E-state index in [-0.39, 0.29) is 42.4 Å². The summed E-state index contributed by atoms with van der Waals surface area (Å²) in [6.45, 7) is 1.60. The summed E-state index contributed by atoms with van der Waals surface area (Å²) in [5.74, 6) is -0.104. The molecule has 2 aromatic rings. The van der Waals surface area contributed by atoms with Gasteiger partial charge in [0.25, 0.3) is 5.56 Å². The van der Waals surface area contributed by atoms with E-state index in [1.54, 1.807) is 6.92 Å². The highest BCUT2D eigenvalue weighted by atomic mass is 16.5. The fourth-order valence-electron chi connectivity index (χ4n) is 1.66. The van der Waals surface area contributed by atoms with E-state index in [9.17, 15) is 9.59 Å². The molecule has 0 unspecified atom stereocenters. The van der Waals surface area contributed by atoms with Crippen LogP contribution in [-0.4, -0.2) is 44.6 Å². The standard InChI is InChI=1S/C13H16N6O4/c1-8-4-11(21)19(7-15-8)6-10(20)14-5-9-16-12(22-2)18-13(17-9)23-3/h4,7H,5-6H2,1-3H3,(H,14,20). The highest BCUT2D eigenvalue weighted by Gasteiger charge is 2.09. The summed E-state index contributed by atoms with van der Waals surface area (Å²) in [6, 6.07) is 1.52. The first-order valence-corrected chi connectivity index (χ1v) is 6.64. The fraction of sp³-hybridized carbons (Fsp3) is 0.385. The third-order valence-corrected chi connectivity index (χ3v) is 2.78. The summed E-state index contributed by atoms with van der Waals surface area (Å²) in [7, 11) is 2.82. The average Bonchev–Trinajstić information content (AvgIpc) is 2.55. The summed E-state index contributed by atoms with van der Waals surface area (Å²) in [4.78, 5) is 39.4. The van der Waals surface area contributed by atoms with Crippen LogP contribution in [0.4, 0.5) is 0 Å². The minimum Gasteiger partial charge on any atom is -0.467 e. The van der Waals surface area contributed by atoms with Crippen molar-refractivity contribution in [3.05, 3.63) is 34.3 Å². The van der Waals surface area contributed by atoms with Crippen LogP contribution in [0.5, 0.6) is 12.0 Å². The molecule has 0 aliphatic carbocycles. The van der Waals surface area contributed by atoms with Crippen LogP contribution >= 0.6 is 0 Å². The molecule has 0 saturated carbocycles. The first kappa shape index (κ1) is 16.3. The van der Waals surface area contributed by atoms with Crippen molar-refractivity contribution in [2.45, 2.75) is 20.0 Å². The Balaban J connectivity index is 2.00. The lowest BCUT2D eigenvalue weighted by atomic mass is 10.4. The number of aryl methyl sites for hydroxylation is 1. The molecule has 0 aliphatic rings. The largest absolute Gasteiger partial charge is 0.467 e. The number of hydrogen-bond donors (Lipinski definition) is 1. The Morgan fingerprint density at radius 3 is 2.43 bits per heavy atom. The van der Waals surface area contributed by atoms with E-state index in [2.05, 4.69) is 25.3 Å². The van der Waals surface area contributed by atoms with Gasteiger partial charge in [-0.15, -0.1) is 4.98 Å². The number of rotatable bonds is 6. The van der Waals surface area contributed by atoms with E-state index >= 15 is 0 Å². The number of nitrogens with zero attached hydrogens (tertiary/aromatic N) is 5. The Hall–Kier alpha value is -3.04. The van der Waals surface area contributed by atoms with Crippen LogP contribution in [0.3, 0.4) is 0 Å². The summed E-state index contributed by atoms with van der Waals surface area (Å²) < 4.78 is 11.0. The summed E-state index contributed by atoms with van der Waals surface area (Å²) in [5.41, 5.74) is 0.298. The monoisotopic (exact) mass is 320 g/mol. The van der Waals surface area contributed by atoms with E-state index in [1.165, 1.54) is 31.2 Å². The summed E-state index contributed by atoms with van der Waals surface area (Å²) in [6.07, 6.45) is 1.33. The highest BCUT2D eigenvalue weighted by molar-refractivity contribution is 5.75. The normalized spacial score (nSPS) is 10.2. The zero-order valence-corrected chi connectivity index (χ0v) is 12.9. The van der Waals surface area contributed by atoms with Crippen molar-refractivity contribution in [1.82, 2.24) is 29.8 Å². The second-order valence-electron chi connectivity index (χ2n) is 4.50. The summed E-state index contributed by atoms with van der Waals surface area (Å²) in [5, 5.41) is 2.60. The molecule has 1 amide bonds. The molecule has 10 nitrogen and oxygen atoms in total. The first-order valence-electron chi connectivity index (χ1n) is 6.64. The van der Waals surface area contributed by atoms with Gasteiger partial charge < -0.3 is 14.8 Å². The Morgan fingerprint density at radius 1 is 1.22 bits per heavy atom. The molecule has 2 heterocycles. The van der Waals surface area contributed by atoms with Gasteiger partial charge in [0.15, 0.2) is 5.82 Å². The van der Waals surface area contributed by atoms with Crippen molar-refractivity contribution < 1.29 is 14.3 Å². The van der Waals surface area contributed by atoms with Crippen LogP contribution in [0.15, 0.2) is 17.2 Å². The molecule has 2 rings (SSSR count). The molecule has 0 bridgehead atoms. The predicted octanol–water partition coefficient (Wildman–Crippen LogP) is -0.930. The molecule has 0 fully saturated rings. The topological polar surface area (TPSA) is 121 Å². The van der Waals surface area contributed by atoms with Crippen LogP contribution in [0.2, 0.25) is 0 Å². The molecule has 0 spiro atoms. The zero-order valence-electron chi connectivity index (χ0n) is 12.9. The highest BCUT2D eigenvalue weighted by Crippen LogP contribution is 2.08. The van der Waals surface area contributed by atoms with Crippen molar-refractivity contribution in [2.24, 2.45) is 0 Å². The fourth-order valence-corrected chi connectivity index (χ4v) is 1.66. The van der Waals surface area contributed by atoms with Crippen molar-refractivity contribution in [1.29, 1.82) is 0 Å². The van der Waals surface area contributed by atoms with Crippen molar-refractivity contribution in [2.75, 3.05) is 14.2 Å². The predicted molar refractivity (Wildman–Crippen MR) is 78.0 cm³/mol. The first-order chi connectivity index (χ1) is 11.0. The Morgan fingerprint density at radius 2 is 1.87 bits per heavy atom. The van der Waals surface area contributed by atoms with E-state index in [1.807, 2.05) is 0 Å². The molecule has 23 heavy (non-hydrogen) atoms. The van der Waals surface area contributed by atoms with E-state index in [0.717, 1.165) is 0 Å². The lowest BCUT2D eigenvalue weighted by Crippen LogP contribution is -2.32. The van der Waals surface area contributed by atoms with Crippen LogP contribution in [0.1, 0.15) is 11.5 Å². The van der Waals surface area contributed by atoms with Crippen molar-refractivity contribution in [3.63, 3.8) is 0 Å². The van der Waals surface area contributed by atoms with Gasteiger partial charge in [0, 0.05) is 11.8 Å². The van der Waals surface area contributed by atoms with Gasteiger partial charge in [0.1, 0.15) is 6.54 Å². The van der Waals surface area contributed by atoms with Gasteiger partial charge >= 0.3 is 12.0 Å². The van der Waals surface area contributed by atoms with Gasteiger partial charge in [-0.25, -0.2) is 4.98 Å². The van der Waals surface area contributed by atoms with Gasteiger partial charge in [-0.2, -0.15) is 9.97 Å². The van der Waals surface area contributed by atoms with Crippen LogP contribution in [0, 0.1) is 6.92 Å². The molecule has 10 heteroatoms. The molecule has 2 aromatic heterocycles. The number of ether oxygens (including phenoxy) is 2. The summed E-state index contributed by atoms with van der Waals surface area (Å²) >= 11 is 0. The van der Waals surface area contributed by atoms with Gasteiger partial charge in [-0.3, -0.25) is 14.2 Å². The number of methoxy groups -OCH3 is 2. The molecule has 1 N–H and O–H groups in total. The third-order valence-electron chi connectivity index (χ3n) is 2.78. The lowest BCUT2D eigenvalue weighted by Gasteiger charge is -2.08. The quantitative estimate of drug-likeness (QED) is 0.724. The second kappa shape index (κ2) is 7.29. The maximum atomic E-state index is 11.9. The molecular weight excluding hydrogens is 304 g/mol. The maximum Gasteiger partial charge on any atom is 0.322 e. The van der Waals surface area contributed by atoms with Crippen molar-refractivity contribution >= 4 is 5.91 Å². The average molecular weight is 320 g/mol.